The molecule has 0 fully saturated rings. The summed E-state index contributed by atoms with van der Waals surface area (Å²) in [6.07, 6.45) is 0. The Morgan fingerprint density at radius 2 is 0.750 bits per heavy atom. The fourth-order valence-electron chi connectivity index (χ4n) is 0. The molecule has 0 N–H and O–H groups in total. The van der Waals surface area contributed by atoms with Crippen LogP contribution in [0.5, 0.6) is 0 Å². The van der Waals surface area contributed by atoms with Gasteiger partial charge in [0.2, 0.25) is 0 Å². The van der Waals surface area contributed by atoms with Crippen LogP contribution >= 0.6 is 0 Å². The van der Waals surface area contributed by atoms with Crippen molar-refractivity contribution in [1.82, 2.24) is 0 Å². The molecule has 4 heavy (non-hydrogen) atoms. The third kappa shape index (κ3) is 9.74. The standard InChI is InChI=1S/3Ca.Mg.8H/q4*+2;8*-1. The molecular formula is H8Ca3Mg. The summed E-state index contributed by atoms with van der Waals surface area (Å²) in [5.74, 6) is 0. The summed E-state index contributed by atoms with van der Waals surface area (Å²) in [6, 6.07) is 0. The Hall–Kier alpha value is 4.55. The largest absolute Gasteiger partial charge is 2.00 e. The predicted molar refractivity (Wildman–Crippen MR) is 31.9 cm³/mol. The van der Waals surface area contributed by atoms with Gasteiger partial charge >= 0.3 is 136 Å². The number of rotatable bonds is 0. The summed E-state index contributed by atoms with van der Waals surface area (Å²) < 4.78 is 0. The second-order valence-corrected chi connectivity index (χ2v) is 0. The molecular weight excluding hydrogens is 145 g/mol. The second kappa shape index (κ2) is 15.6. The molecule has 4 heteroatoms. The van der Waals surface area contributed by atoms with Gasteiger partial charge < -0.3 is 11.4 Å². The van der Waals surface area contributed by atoms with Crippen molar-refractivity contribution in [2.75, 3.05) is 0 Å². The molecule has 0 aromatic carbocycles. The van der Waals surface area contributed by atoms with E-state index in [1.807, 2.05) is 0 Å². The Morgan fingerprint density at radius 1 is 0.750 bits per heavy atom. The molecule has 0 aromatic heterocycles. The molecule has 0 unspecified atom stereocenters. The molecule has 0 saturated heterocycles. The van der Waals surface area contributed by atoms with Crippen LogP contribution in [0.15, 0.2) is 0 Å². The van der Waals surface area contributed by atoms with Crippen molar-refractivity contribution in [3.05, 3.63) is 0 Å². The summed E-state index contributed by atoms with van der Waals surface area (Å²) in [6.45, 7) is 0. The van der Waals surface area contributed by atoms with E-state index in [0.717, 1.165) is 0 Å². The van der Waals surface area contributed by atoms with Crippen molar-refractivity contribution in [3.8, 4) is 0 Å². The van der Waals surface area contributed by atoms with Crippen LogP contribution in [0.3, 0.4) is 0 Å². The van der Waals surface area contributed by atoms with Gasteiger partial charge in [-0.25, -0.2) is 0 Å². The Kier molecular flexibility index (Phi) is 92.1. The minimum atomic E-state index is 0. The van der Waals surface area contributed by atoms with Crippen molar-refractivity contribution < 1.29 is 11.4 Å². The van der Waals surface area contributed by atoms with E-state index in [0.29, 0.717) is 0 Å². The maximum absolute atomic E-state index is 0. The van der Waals surface area contributed by atoms with Crippen LogP contribution in [-0.2, 0) is 0 Å². The summed E-state index contributed by atoms with van der Waals surface area (Å²) in [4.78, 5) is 0. The minimum absolute atomic E-state index is 0. The van der Waals surface area contributed by atoms with Gasteiger partial charge in [-0.3, -0.25) is 0 Å². The molecule has 16 valence electrons. The first-order valence-electron chi connectivity index (χ1n) is 0. The van der Waals surface area contributed by atoms with Crippen LogP contribution in [0.25, 0.3) is 0 Å². The van der Waals surface area contributed by atoms with Gasteiger partial charge in [0.15, 0.2) is 0 Å². The molecule has 0 nitrogen and oxygen atoms in total. The summed E-state index contributed by atoms with van der Waals surface area (Å²) in [7, 11) is 0. The van der Waals surface area contributed by atoms with E-state index < -0.39 is 0 Å². The van der Waals surface area contributed by atoms with Crippen molar-refractivity contribution in [3.63, 3.8) is 0 Å². The molecule has 0 saturated carbocycles. The Balaban J connectivity index is 0. The van der Waals surface area contributed by atoms with E-state index in [1.54, 1.807) is 0 Å². The van der Waals surface area contributed by atoms with Gasteiger partial charge in [0.05, 0.1) is 0 Å². The summed E-state index contributed by atoms with van der Waals surface area (Å²) in [5.41, 5.74) is 0. The van der Waals surface area contributed by atoms with Crippen molar-refractivity contribution in [1.29, 1.82) is 0 Å². The van der Waals surface area contributed by atoms with E-state index in [1.165, 1.54) is 0 Å². The number of hydrogen-bond donors (Lipinski definition) is 0. The molecule has 0 rings (SSSR count). The quantitative estimate of drug-likeness (QED) is 0.406. The molecule has 0 aliphatic rings. The van der Waals surface area contributed by atoms with Gasteiger partial charge in [0.1, 0.15) is 0 Å². The summed E-state index contributed by atoms with van der Waals surface area (Å²) in [5, 5.41) is 0. The smallest absolute Gasteiger partial charge is 1.00 e. The molecule has 0 amide bonds. The Labute approximate surface area is 144 Å². The second-order valence-electron chi connectivity index (χ2n) is 0. The van der Waals surface area contributed by atoms with Gasteiger partial charge in [-0.2, -0.15) is 0 Å². The third-order valence-corrected chi connectivity index (χ3v) is 0. The van der Waals surface area contributed by atoms with Crippen LogP contribution in [0.4, 0.5) is 0 Å². The molecule has 0 atom stereocenters. The molecule has 0 bridgehead atoms. The zero-order valence-corrected chi connectivity index (χ0v) is 10.9. The monoisotopic (exact) mass is 152 g/mol. The van der Waals surface area contributed by atoms with Crippen LogP contribution < -0.4 is 0 Å². The Bertz CT molecular complexity index is 14.3. The fourth-order valence-corrected chi connectivity index (χ4v) is 0. The van der Waals surface area contributed by atoms with Crippen molar-refractivity contribution >= 4 is 136 Å². The molecule has 0 radical (unpaired) electrons. The normalized spacial score (nSPS) is 0. The van der Waals surface area contributed by atoms with Crippen LogP contribution in [-0.4, -0.2) is 136 Å². The maximum Gasteiger partial charge on any atom is 2.00 e. The van der Waals surface area contributed by atoms with Crippen LogP contribution in [0.1, 0.15) is 11.4 Å². The minimum Gasteiger partial charge on any atom is -1.00 e. The van der Waals surface area contributed by atoms with Crippen LogP contribution in [0, 0.1) is 0 Å². The number of hydrogen-bond acceptors (Lipinski definition) is 0. The van der Waals surface area contributed by atoms with E-state index >= 15 is 0 Å². The molecule has 0 aliphatic carbocycles. The van der Waals surface area contributed by atoms with E-state index in [4.69, 9.17) is 0 Å². The van der Waals surface area contributed by atoms with Crippen molar-refractivity contribution in [2.24, 2.45) is 0 Å². The first-order valence-corrected chi connectivity index (χ1v) is 0. The third-order valence-electron chi connectivity index (χ3n) is 0. The first-order chi connectivity index (χ1) is 0. The van der Waals surface area contributed by atoms with E-state index in [2.05, 4.69) is 0 Å². The van der Waals surface area contributed by atoms with E-state index in [9.17, 15) is 0 Å². The fraction of sp³-hybridized carbons (Fsp3) is 0. The maximum atomic E-state index is 0. The molecule has 0 spiro atoms. The van der Waals surface area contributed by atoms with Crippen molar-refractivity contribution in [2.45, 2.75) is 0 Å². The predicted octanol–water partition coefficient (Wildman–Crippen LogP) is -0.623. The average molecular weight is 153 g/mol. The van der Waals surface area contributed by atoms with Gasteiger partial charge in [0.25, 0.3) is 0 Å². The van der Waals surface area contributed by atoms with Gasteiger partial charge in [-0.1, -0.05) is 0 Å². The Morgan fingerprint density at radius 3 is 0.750 bits per heavy atom. The molecule has 0 aromatic rings. The molecule has 0 aliphatic heterocycles. The zero-order chi connectivity index (χ0) is 0. The topological polar surface area (TPSA) is 0 Å². The first kappa shape index (κ1) is 23.5. The zero-order valence-electron chi connectivity index (χ0n) is 10.8. The van der Waals surface area contributed by atoms with Crippen LogP contribution in [0.2, 0.25) is 0 Å². The summed E-state index contributed by atoms with van der Waals surface area (Å²) >= 11 is 0. The SMILES string of the molecule is [Ca+2].[Ca+2].[Ca+2].[H-].[H-].[H-].[H-].[H-].[H-].[H-].[H-].[Mg+2]. The van der Waals surface area contributed by atoms with Gasteiger partial charge in [-0.15, -0.1) is 0 Å². The van der Waals surface area contributed by atoms with Gasteiger partial charge in [0, 0.05) is 0 Å². The molecule has 0 heterocycles. The van der Waals surface area contributed by atoms with Gasteiger partial charge in [-0.05, 0) is 0 Å². The van der Waals surface area contributed by atoms with E-state index in [-0.39, 0.29) is 148 Å². The average Bonchev–Trinajstić information content (AvgIpc) is 0.